The number of aryl methyl sites for hydroxylation is 1. The van der Waals surface area contributed by atoms with Crippen LogP contribution in [0.15, 0.2) is 29.8 Å². The van der Waals surface area contributed by atoms with Crippen LogP contribution in [0.5, 0.6) is 5.75 Å². The van der Waals surface area contributed by atoms with Crippen LogP contribution in [0.3, 0.4) is 0 Å². The first-order valence-corrected chi connectivity index (χ1v) is 9.10. The smallest absolute Gasteiger partial charge is 0.228 e. The van der Waals surface area contributed by atoms with Crippen molar-refractivity contribution in [2.75, 3.05) is 12.4 Å². The van der Waals surface area contributed by atoms with E-state index in [1.807, 2.05) is 22.9 Å². The lowest BCUT2D eigenvalue weighted by Gasteiger charge is -2.25. The molecule has 0 spiro atoms. The fourth-order valence-corrected chi connectivity index (χ4v) is 4.00. The predicted molar refractivity (Wildman–Crippen MR) is 98.6 cm³/mol. The number of hydrogen-bond donors (Lipinski definition) is 2. The topological polar surface area (TPSA) is 84.7 Å². The summed E-state index contributed by atoms with van der Waals surface area (Å²) in [5, 5.41) is 7.75. The maximum atomic E-state index is 12.7. The zero-order valence-electron chi connectivity index (χ0n) is 14.4. The predicted octanol–water partition coefficient (Wildman–Crippen LogP) is 2.46. The maximum absolute atomic E-state index is 12.7. The van der Waals surface area contributed by atoms with Gasteiger partial charge in [-0.05, 0) is 30.7 Å². The number of fused-ring (bicyclic) bond motifs is 2. The van der Waals surface area contributed by atoms with Gasteiger partial charge in [-0.1, -0.05) is 0 Å². The van der Waals surface area contributed by atoms with Gasteiger partial charge in [0.2, 0.25) is 11.8 Å². The van der Waals surface area contributed by atoms with E-state index in [1.165, 1.54) is 0 Å². The average molecular weight is 370 g/mol. The summed E-state index contributed by atoms with van der Waals surface area (Å²) in [6.45, 7) is 2.34. The van der Waals surface area contributed by atoms with Crippen molar-refractivity contribution in [3.8, 4) is 5.75 Å². The standard InChI is InChI=1S/C18H18N4O3S/c1-10-9-26-18-20-11(8-22(10)18)7-19-17(24)14-6-16(23)21-15-4-3-12(25-2)5-13(14)15/h3-5,8-9,14H,6-7H2,1-2H3,(H,19,24)(H,21,23)/t14-/m0/s1. The molecule has 0 unspecified atom stereocenters. The molecular weight excluding hydrogens is 352 g/mol. The van der Waals surface area contributed by atoms with Crippen molar-refractivity contribution in [2.24, 2.45) is 0 Å². The second-order valence-electron chi connectivity index (χ2n) is 6.24. The minimum absolute atomic E-state index is 0.114. The highest BCUT2D eigenvalue weighted by molar-refractivity contribution is 7.15. The fourth-order valence-electron chi connectivity index (χ4n) is 3.13. The third-order valence-electron chi connectivity index (χ3n) is 4.50. The Labute approximate surface area is 154 Å². The van der Waals surface area contributed by atoms with Crippen LogP contribution in [0.25, 0.3) is 4.96 Å². The molecule has 0 aliphatic carbocycles. The fraction of sp³-hybridized carbons (Fsp3) is 0.278. The normalized spacial score (nSPS) is 16.2. The minimum Gasteiger partial charge on any atom is -0.497 e. The summed E-state index contributed by atoms with van der Waals surface area (Å²) in [6.07, 6.45) is 2.04. The van der Waals surface area contributed by atoms with Crippen molar-refractivity contribution in [2.45, 2.75) is 25.8 Å². The molecule has 1 aliphatic rings. The molecule has 0 radical (unpaired) electrons. The molecule has 0 fully saturated rings. The third-order valence-corrected chi connectivity index (χ3v) is 5.45. The van der Waals surface area contributed by atoms with Crippen LogP contribution in [-0.4, -0.2) is 28.3 Å². The summed E-state index contributed by atoms with van der Waals surface area (Å²) in [5.74, 6) is -0.245. The summed E-state index contributed by atoms with van der Waals surface area (Å²) in [7, 11) is 1.57. The van der Waals surface area contributed by atoms with Crippen LogP contribution < -0.4 is 15.4 Å². The number of nitrogens with one attached hydrogen (secondary N) is 2. The molecule has 1 atom stereocenters. The number of benzene rings is 1. The quantitative estimate of drug-likeness (QED) is 0.739. The van der Waals surface area contributed by atoms with Gasteiger partial charge in [-0.2, -0.15) is 0 Å². The van der Waals surface area contributed by atoms with Gasteiger partial charge in [0.15, 0.2) is 4.96 Å². The number of carbonyl (C=O) groups is 2. The van der Waals surface area contributed by atoms with Gasteiger partial charge in [0, 0.05) is 29.4 Å². The highest BCUT2D eigenvalue weighted by atomic mass is 32.1. The number of imidazole rings is 1. The first-order chi connectivity index (χ1) is 12.5. The summed E-state index contributed by atoms with van der Waals surface area (Å²) < 4.78 is 7.24. The molecule has 7 nitrogen and oxygen atoms in total. The molecule has 0 saturated carbocycles. The SMILES string of the molecule is COc1ccc2c(c1)[C@@H](C(=O)NCc1cn3c(C)csc3n1)CC(=O)N2. The van der Waals surface area contributed by atoms with Crippen LogP contribution in [0.1, 0.15) is 29.3 Å². The Bertz CT molecular complexity index is 1010. The molecule has 0 saturated heterocycles. The minimum atomic E-state index is -0.542. The molecule has 1 aliphatic heterocycles. The molecule has 2 N–H and O–H groups in total. The van der Waals surface area contributed by atoms with Crippen molar-refractivity contribution in [1.82, 2.24) is 14.7 Å². The Kier molecular flexibility index (Phi) is 4.12. The number of rotatable bonds is 4. The molecule has 8 heteroatoms. The zero-order chi connectivity index (χ0) is 18.3. The monoisotopic (exact) mass is 370 g/mol. The lowest BCUT2D eigenvalue weighted by molar-refractivity contribution is -0.126. The van der Waals surface area contributed by atoms with Gasteiger partial charge in [-0.3, -0.25) is 14.0 Å². The number of methoxy groups -OCH3 is 1. The lowest BCUT2D eigenvalue weighted by atomic mass is 9.89. The van der Waals surface area contributed by atoms with E-state index >= 15 is 0 Å². The Balaban J connectivity index is 1.53. The molecule has 3 heterocycles. The van der Waals surface area contributed by atoms with E-state index in [4.69, 9.17) is 4.74 Å². The van der Waals surface area contributed by atoms with Gasteiger partial charge in [-0.15, -0.1) is 11.3 Å². The molecule has 2 aromatic heterocycles. The van der Waals surface area contributed by atoms with Crippen molar-refractivity contribution >= 4 is 33.8 Å². The summed E-state index contributed by atoms with van der Waals surface area (Å²) in [5.41, 5.74) is 3.32. The number of amides is 2. The second kappa shape index (κ2) is 6.45. The lowest BCUT2D eigenvalue weighted by Crippen LogP contribution is -2.34. The van der Waals surface area contributed by atoms with Gasteiger partial charge >= 0.3 is 0 Å². The Morgan fingerprint density at radius 2 is 2.35 bits per heavy atom. The number of carbonyl (C=O) groups excluding carboxylic acids is 2. The van der Waals surface area contributed by atoms with Crippen molar-refractivity contribution < 1.29 is 14.3 Å². The molecule has 3 aromatic rings. The summed E-state index contributed by atoms with van der Waals surface area (Å²) in [4.78, 5) is 30.1. The second-order valence-corrected chi connectivity index (χ2v) is 7.07. The maximum Gasteiger partial charge on any atom is 0.228 e. The van der Waals surface area contributed by atoms with E-state index in [0.29, 0.717) is 18.0 Å². The highest BCUT2D eigenvalue weighted by Gasteiger charge is 2.31. The average Bonchev–Trinajstić information content (AvgIpc) is 3.20. The van der Waals surface area contributed by atoms with Gasteiger partial charge < -0.3 is 15.4 Å². The molecular formula is C18H18N4O3S. The third kappa shape index (κ3) is 2.92. The molecule has 134 valence electrons. The zero-order valence-corrected chi connectivity index (χ0v) is 15.2. The van der Waals surface area contributed by atoms with Crippen LogP contribution in [0.2, 0.25) is 0 Å². The Morgan fingerprint density at radius 3 is 3.12 bits per heavy atom. The molecule has 2 amide bonds. The first-order valence-electron chi connectivity index (χ1n) is 8.22. The Morgan fingerprint density at radius 1 is 1.50 bits per heavy atom. The number of hydrogen-bond acceptors (Lipinski definition) is 5. The van der Waals surface area contributed by atoms with Crippen LogP contribution in [0.4, 0.5) is 5.69 Å². The molecule has 4 rings (SSSR count). The van der Waals surface area contributed by atoms with Gasteiger partial charge in [0.1, 0.15) is 5.75 Å². The number of nitrogens with zero attached hydrogens (tertiary/aromatic N) is 2. The van der Waals surface area contributed by atoms with Crippen molar-refractivity contribution in [1.29, 1.82) is 0 Å². The number of thiazole rings is 1. The summed E-state index contributed by atoms with van der Waals surface area (Å²) >= 11 is 1.56. The van der Waals surface area contributed by atoms with Crippen LogP contribution in [-0.2, 0) is 16.1 Å². The summed E-state index contributed by atoms with van der Waals surface area (Å²) in [6, 6.07) is 5.33. The number of aromatic nitrogens is 2. The number of anilines is 1. The van der Waals surface area contributed by atoms with E-state index in [1.54, 1.807) is 36.6 Å². The van der Waals surface area contributed by atoms with E-state index in [0.717, 1.165) is 21.9 Å². The van der Waals surface area contributed by atoms with E-state index < -0.39 is 5.92 Å². The van der Waals surface area contributed by atoms with Gasteiger partial charge in [0.25, 0.3) is 0 Å². The molecule has 1 aromatic carbocycles. The van der Waals surface area contributed by atoms with Crippen LogP contribution in [0, 0.1) is 6.92 Å². The van der Waals surface area contributed by atoms with Crippen molar-refractivity contribution in [3.05, 3.63) is 46.7 Å². The van der Waals surface area contributed by atoms with Gasteiger partial charge in [0.05, 0.1) is 25.3 Å². The number of ether oxygens (including phenoxy) is 1. The van der Waals surface area contributed by atoms with Crippen molar-refractivity contribution in [3.63, 3.8) is 0 Å². The van der Waals surface area contributed by atoms with E-state index in [9.17, 15) is 9.59 Å². The molecule has 0 bridgehead atoms. The highest BCUT2D eigenvalue weighted by Crippen LogP contribution is 2.35. The first kappa shape index (κ1) is 16.6. The molecule has 26 heavy (non-hydrogen) atoms. The Hall–Kier alpha value is -2.87. The van der Waals surface area contributed by atoms with E-state index in [-0.39, 0.29) is 18.2 Å². The van der Waals surface area contributed by atoms with Gasteiger partial charge in [-0.25, -0.2) is 4.98 Å². The van der Waals surface area contributed by atoms with E-state index in [2.05, 4.69) is 15.6 Å². The van der Waals surface area contributed by atoms with Crippen LogP contribution >= 0.6 is 11.3 Å². The largest absolute Gasteiger partial charge is 0.497 e.